The van der Waals surface area contributed by atoms with Crippen molar-refractivity contribution < 1.29 is 5.11 Å². The van der Waals surface area contributed by atoms with Crippen molar-refractivity contribution in [3.8, 4) is 0 Å². The van der Waals surface area contributed by atoms with E-state index in [0.717, 1.165) is 16.9 Å². The van der Waals surface area contributed by atoms with Crippen molar-refractivity contribution in [1.29, 1.82) is 0 Å². The van der Waals surface area contributed by atoms with Crippen molar-refractivity contribution in [1.82, 2.24) is 19.9 Å². The number of aromatic amines is 1. The molecule has 0 amide bonds. The van der Waals surface area contributed by atoms with Crippen LogP contribution in [0.15, 0.2) is 36.9 Å². The largest absolute Gasteiger partial charge is 0.385 e. The first-order valence-electron chi connectivity index (χ1n) is 7.53. The van der Waals surface area contributed by atoms with E-state index in [4.69, 9.17) is 11.6 Å². The van der Waals surface area contributed by atoms with E-state index in [9.17, 15) is 5.11 Å². The van der Waals surface area contributed by atoms with Crippen LogP contribution in [0.2, 0.25) is 5.02 Å². The zero-order valence-electron chi connectivity index (χ0n) is 12.4. The van der Waals surface area contributed by atoms with E-state index in [-0.39, 0.29) is 0 Å². The van der Waals surface area contributed by atoms with Crippen LogP contribution < -0.4 is 4.90 Å². The summed E-state index contributed by atoms with van der Waals surface area (Å²) >= 11 is 5.93. The summed E-state index contributed by atoms with van der Waals surface area (Å²) in [6, 6.07) is 7.44. The molecule has 0 unspecified atom stereocenters. The molecule has 1 saturated heterocycles. The molecule has 1 aliphatic heterocycles. The van der Waals surface area contributed by atoms with Crippen molar-refractivity contribution >= 4 is 28.6 Å². The Morgan fingerprint density at radius 3 is 2.57 bits per heavy atom. The van der Waals surface area contributed by atoms with Crippen LogP contribution >= 0.6 is 11.6 Å². The molecule has 1 fully saturated rings. The summed E-state index contributed by atoms with van der Waals surface area (Å²) in [7, 11) is 0. The van der Waals surface area contributed by atoms with Gasteiger partial charge in [-0.15, -0.1) is 0 Å². The fourth-order valence-corrected chi connectivity index (χ4v) is 3.26. The second-order valence-corrected chi connectivity index (χ2v) is 6.26. The Balaban J connectivity index is 1.57. The zero-order chi connectivity index (χ0) is 15.9. The summed E-state index contributed by atoms with van der Waals surface area (Å²) in [6.45, 7) is 1.43. The normalized spacial score (nSPS) is 17.6. The molecule has 7 heteroatoms. The lowest BCUT2D eigenvalue weighted by atomic mass is 9.84. The molecule has 23 heavy (non-hydrogen) atoms. The van der Waals surface area contributed by atoms with E-state index in [1.165, 1.54) is 6.33 Å². The van der Waals surface area contributed by atoms with Gasteiger partial charge in [-0.2, -0.15) is 0 Å². The number of benzene rings is 1. The van der Waals surface area contributed by atoms with E-state index < -0.39 is 5.60 Å². The number of aromatic nitrogens is 4. The van der Waals surface area contributed by atoms with Gasteiger partial charge in [0.15, 0.2) is 11.5 Å². The average molecular weight is 330 g/mol. The van der Waals surface area contributed by atoms with Gasteiger partial charge in [0.1, 0.15) is 11.8 Å². The molecule has 3 heterocycles. The van der Waals surface area contributed by atoms with Crippen LogP contribution in [0, 0.1) is 0 Å². The smallest absolute Gasteiger partial charge is 0.182 e. The molecule has 4 rings (SSSR count). The fraction of sp³-hybridized carbons (Fsp3) is 0.312. The van der Waals surface area contributed by atoms with Gasteiger partial charge >= 0.3 is 0 Å². The number of rotatable bonds is 2. The molecule has 118 valence electrons. The van der Waals surface area contributed by atoms with Crippen LogP contribution in [0.1, 0.15) is 18.4 Å². The van der Waals surface area contributed by atoms with Crippen LogP contribution in [0.4, 0.5) is 5.82 Å². The maximum Gasteiger partial charge on any atom is 0.182 e. The maximum atomic E-state index is 10.9. The molecule has 0 atom stereocenters. The minimum Gasteiger partial charge on any atom is -0.385 e. The van der Waals surface area contributed by atoms with E-state index in [1.54, 1.807) is 6.33 Å². The summed E-state index contributed by atoms with van der Waals surface area (Å²) < 4.78 is 0. The van der Waals surface area contributed by atoms with Crippen molar-refractivity contribution in [2.24, 2.45) is 0 Å². The Bertz CT molecular complexity index is 824. The van der Waals surface area contributed by atoms with Gasteiger partial charge in [-0.05, 0) is 30.5 Å². The molecule has 0 radical (unpaired) electrons. The maximum absolute atomic E-state index is 10.9. The monoisotopic (exact) mass is 329 g/mol. The number of aliphatic hydroxyl groups is 1. The summed E-state index contributed by atoms with van der Waals surface area (Å²) in [6.07, 6.45) is 4.41. The topological polar surface area (TPSA) is 77.9 Å². The van der Waals surface area contributed by atoms with Gasteiger partial charge in [0.05, 0.1) is 11.9 Å². The molecule has 2 aromatic heterocycles. The van der Waals surface area contributed by atoms with Gasteiger partial charge in [0.2, 0.25) is 0 Å². The molecule has 3 aromatic rings. The molecule has 0 spiro atoms. The lowest BCUT2D eigenvalue weighted by Crippen LogP contribution is -2.43. The summed E-state index contributed by atoms with van der Waals surface area (Å²) in [5.74, 6) is 0.839. The molecular formula is C16H16ClN5O. The third kappa shape index (κ3) is 2.54. The van der Waals surface area contributed by atoms with E-state index in [0.29, 0.717) is 36.6 Å². The number of fused-ring (bicyclic) bond motifs is 1. The first-order chi connectivity index (χ1) is 11.2. The number of anilines is 1. The van der Waals surface area contributed by atoms with Crippen LogP contribution in [0.3, 0.4) is 0 Å². The van der Waals surface area contributed by atoms with Gasteiger partial charge in [-0.1, -0.05) is 23.7 Å². The first kappa shape index (κ1) is 14.4. The van der Waals surface area contributed by atoms with Gasteiger partial charge in [-0.3, -0.25) is 0 Å². The second kappa shape index (κ2) is 5.47. The summed E-state index contributed by atoms with van der Waals surface area (Å²) in [5.41, 5.74) is 1.59. The van der Waals surface area contributed by atoms with Crippen LogP contribution in [0.25, 0.3) is 11.2 Å². The van der Waals surface area contributed by atoms with Gasteiger partial charge in [0.25, 0.3) is 0 Å². The standard InChI is InChI=1S/C16H16ClN5O/c17-12-3-1-11(2-4-12)16(23)5-7-22(8-6-16)15-13-14(19-9-18-13)20-10-21-15/h1-4,9-10,23H,5-8H2,(H,18,19,20,21). The number of hydrogen-bond donors (Lipinski definition) is 2. The van der Waals surface area contributed by atoms with E-state index in [2.05, 4.69) is 24.8 Å². The highest BCUT2D eigenvalue weighted by atomic mass is 35.5. The second-order valence-electron chi connectivity index (χ2n) is 5.82. The van der Waals surface area contributed by atoms with Crippen molar-refractivity contribution in [2.75, 3.05) is 18.0 Å². The molecule has 2 N–H and O–H groups in total. The Morgan fingerprint density at radius 2 is 1.83 bits per heavy atom. The number of nitrogens with zero attached hydrogens (tertiary/aromatic N) is 4. The zero-order valence-corrected chi connectivity index (χ0v) is 13.2. The fourth-order valence-electron chi connectivity index (χ4n) is 3.13. The Kier molecular flexibility index (Phi) is 3.43. The van der Waals surface area contributed by atoms with Crippen LogP contribution in [-0.4, -0.2) is 38.1 Å². The SMILES string of the molecule is OC1(c2ccc(Cl)cc2)CCN(c2ncnc3nc[nH]c23)CC1. The lowest BCUT2D eigenvalue weighted by Gasteiger charge is -2.39. The number of nitrogens with one attached hydrogen (secondary N) is 1. The highest BCUT2D eigenvalue weighted by molar-refractivity contribution is 6.30. The number of piperidine rings is 1. The predicted octanol–water partition coefficient (Wildman–Crippen LogP) is 2.49. The average Bonchev–Trinajstić information content (AvgIpc) is 3.05. The Labute approximate surface area is 138 Å². The first-order valence-corrected chi connectivity index (χ1v) is 7.91. The third-order valence-electron chi connectivity index (χ3n) is 4.47. The van der Waals surface area contributed by atoms with Gasteiger partial charge in [-0.25, -0.2) is 15.0 Å². The number of imidazole rings is 1. The third-order valence-corrected chi connectivity index (χ3v) is 4.73. The quantitative estimate of drug-likeness (QED) is 0.755. The molecule has 1 aliphatic rings. The van der Waals surface area contributed by atoms with Crippen LogP contribution in [0.5, 0.6) is 0 Å². The number of H-pyrrole nitrogens is 1. The number of hydrogen-bond acceptors (Lipinski definition) is 5. The molecule has 0 bridgehead atoms. The lowest BCUT2D eigenvalue weighted by molar-refractivity contribution is 0.0117. The molecule has 6 nitrogen and oxygen atoms in total. The van der Waals surface area contributed by atoms with Gasteiger partial charge < -0.3 is 15.0 Å². The van der Waals surface area contributed by atoms with Crippen molar-refractivity contribution in [3.63, 3.8) is 0 Å². The Hall–Kier alpha value is -2.18. The van der Waals surface area contributed by atoms with E-state index >= 15 is 0 Å². The molecule has 0 saturated carbocycles. The Morgan fingerprint density at radius 1 is 1.09 bits per heavy atom. The summed E-state index contributed by atoms with van der Waals surface area (Å²) in [4.78, 5) is 17.9. The predicted molar refractivity (Wildman–Crippen MR) is 88.5 cm³/mol. The molecule has 0 aliphatic carbocycles. The minimum atomic E-state index is -0.818. The number of halogens is 1. The van der Waals surface area contributed by atoms with Crippen molar-refractivity contribution in [3.05, 3.63) is 47.5 Å². The highest BCUT2D eigenvalue weighted by Crippen LogP contribution is 2.35. The minimum absolute atomic E-state index is 0.633. The van der Waals surface area contributed by atoms with Gasteiger partial charge in [0, 0.05) is 18.1 Å². The molecule has 1 aromatic carbocycles. The van der Waals surface area contributed by atoms with E-state index in [1.807, 2.05) is 24.3 Å². The van der Waals surface area contributed by atoms with Crippen molar-refractivity contribution in [2.45, 2.75) is 18.4 Å². The summed E-state index contributed by atoms with van der Waals surface area (Å²) in [5, 5.41) is 11.6. The van der Waals surface area contributed by atoms with Crippen LogP contribution in [-0.2, 0) is 5.60 Å². The highest BCUT2D eigenvalue weighted by Gasteiger charge is 2.34. The molecular weight excluding hydrogens is 314 g/mol.